The van der Waals surface area contributed by atoms with E-state index in [0.717, 1.165) is 5.01 Å². The van der Waals surface area contributed by atoms with Crippen LogP contribution in [0.4, 0.5) is 0 Å². The molecule has 0 aliphatic rings. The van der Waals surface area contributed by atoms with Gasteiger partial charge < -0.3 is 19.3 Å². The molecule has 0 bridgehead atoms. The zero-order chi connectivity index (χ0) is 15.9. The number of para-hydroxylation sites is 1. The summed E-state index contributed by atoms with van der Waals surface area (Å²) in [6.07, 6.45) is 1.38. The minimum absolute atomic E-state index is 0.0901. The van der Waals surface area contributed by atoms with Crippen molar-refractivity contribution in [2.45, 2.75) is 12.8 Å². The molecule has 1 heterocycles. The highest BCUT2D eigenvalue weighted by atomic mass is 32.1. The summed E-state index contributed by atoms with van der Waals surface area (Å²) < 4.78 is 16.2. The molecule has 1 aromatic heterocycles. The number of hydrogen-bond donors (Lipinski definition) is 1. The molecule has 1 aromatic carbocycles. The van der Waals surface area contributed by atoms with Gasteiger partial charge >= 0.3 is 5.97 Å². The molecule has 2 rings (SSSR count). The second-order valence-electron chi connectivity index (χ2n) is 4.38. The van der Waals surface area contributed by atoms with E-state index >= 15 is 0 Å². The van der Waals surface area contributed by atoms with E-state index in [-0.39, 0.29) is 5.69 Å². The molecular formula is C15H17NO5S. The number of aryl methyl sites for hydroxylation is 1. The first-order valence-electron chi connectivity index (χ1n) is 6.67. The van der Waals surface area contributed by atoms with Gasteiger partial charge in [0.25, 0.3) is 0 Å². The van der Waals surface area contributed by atoms with Crippen molar-refractivity contribution >= 4 is 17.3 Å². The molecule has 0 spiro atoms. The highest BCUT2D eigenvalue weighted by molar-refractivity contribution is 7.09. The first-order chi connectivity index (χ1) is 10.7. The van der Waals surface area contributed by atoms with E-state index in [0.29, 0.717) is 36.7 Å². The fraction of sp³-hybridized carbons (Fsp3) is 0.333. The zero-order valence-electron chi connectivity index (χ0n) is 12.4. The Kier molecular flexibility index (Phi) is 5.60. The first kappa shape index (κ1) is 16.1. The average Bonchev–Trinajstić information content (AvgIpc) is 3.00. The maximum Gasteiger partial charge on any atom is 0.355 e. The summed E-state index contributed by atoms with van der Waals surface area (Å²) in [5.41, 5.74) is 0.0901. The average molecular weight is 323 g/mol. The van der Waals surface area contributed by atoms with Gasteiger partial charge in [-0.25, -0.2) is 9.78 Å². The van der Waals surface area contributed by atoms with Crippen LogP contribution in [0.25, 0.3) is 0 Å². The van der Waals surface area contributed by atoms with Gasteiger partial charge in [-0.05, 0) is 18.6 Å². The number of thiazole rings is 1. The van der Waals surface area contributed by atoms with Crippen LogP contribution in [-0.4, -0.2) is 36.9 Å². The Bertz CT molecular complexity index is 618. The topological polar surface area (TPSA) is 77.9 Å². The van der Waals surface area contributed by atoms with E-state index in [1.807, 2.05) is 6.07 Å². The molecular weight excluding hydrogens is 306 g/mol. The molecule has 1 N–H and O–H groups in total. The first-order valence-corrected chi connectivity index (χ1v) is 7.55. The lowest BCUT2D eigenvalue weighted by molar-refractivity contribution is 0.0691. The third-order valence-corrected chi connectivity index (χ3v) is 3.84. The Labute approximate surface area is 132 Å². The lowest BCUT2D eigenvalue weighted by Crippen LogP contribution is -2.03. The number of rotatable bonds is 8. The van der Waals surface area contributed by atoms with Crippen LogP contribution in [0, 0.1) is 0 Å². The van der Waals surface area contributed by atoms with Crippen LogP contribution in [0.1, 0.15) is 21.9 Å². The number of carboxylic acids is 1. The number of carboxylic acid groups (broad SMARTS) is 1. The molecule has 6 nitrogen and oxygen atoms in total. The van der Waals surface area contributed by atoms with Crippen LogP contribution < -0.4 is 14.2 Å². The Morgan fingerprint density at radius 2 is 1.95 bits per heavy atom. The summed E-state index contributed by atoms with van der Waals surface area (Å²) in [4.78, 5) is 14.8. The monoisotopic (exact) mass is 323 g/mol. The van der Waals surface area contributed by atoms with E-state index in [1.54, 1.807) is 31.7 Å². The van der Waals surface area contributed by atoms with Gasteiger partial charge in [0, 0.05) is 11.8 Å². The molecule has 7 heteroatoms. The minimum atomic E-state index is -1.00. The van der Waals surface area contributed by atoms with Crippen LogP contribution in [0.2, 0.25) is 0 Å². The van der Waals surface area contributed by atoms with Crippen molar-refractivity contribution in [3.8, 4) is 17.2 Å². The summed E-state index contributed by atoms with van der Waals surface area (Å²) >= 11 is 1.34. The fourth-order valence-corrected chi connectivity index (χ4v) is 2.70. The molecule has 0 aliphatic heterocycles. The van der Waals surface area contributed by atoms with Crippen LogP contribution >= 0.6 is 11.3 Å². The smallest absolute Gasteiger partial charge is 0.355 e. The molecule has 0 saturated carbocycles. The number of aromatic carboxylic acids is 1. The largest absolute Gasteiger partial charge is 0.493 e. The van der Waals surface area contributed by atoms with Gasteiger partial charge in [0.15, 0.2) is 17.2 Å². The molecule has 0 amide bonds. The summed E-state index contributed by atoms with van der Waals surface area (Å²) in [6, 6.07) is 5.43. The Balaban J connectivity index is 1.89. The van der Waals surface area contributed by atoms with Crippen LogP contribution in [0.15, 0.2) is 23.6 Å². The van der Waals surface area contributed by atoms with Gasteiger partial charge in [-0.15, -0.1) is 11.3 Å². The molecule has 118 valence electrons. The maximum absolute atomic E-state index is 10.8. The van der Waals surface area contributed by atoms with Gasteiger partial charge in [0.1, 0.15) is 0 Å². The molecule has 0 fully saturated rings. The minimum Gasteiger partial charge on any atom is -0.493 e. The van der Waals surface area contributed by atoms with Gasteiger partial charge in [-0.2, -0.15) is 0 Å². The molecule has 0 atom stereocenters. The second kappa shape index (κ2) is 7.65. The van der Waals surface area contributed by atoms with Crippen molar-refractivity contribution in [1.29, 1.82) is 0 Å². The number of nitrogens with zero attached hydrogens (tertiary/aromatic N) is 1. The molecule has 22 heavy (non-hydrogen) atoms. The molecule has 0 radical (unpaired) electrons. The van der Waals surface area contributed by atoms with Crippen molar-refractivity contribution in [3.63, 3.8) is 0 Å². The number of benzene rings is 1. The van der Waals surface area contributed by atoms with Crippen molar-refractivity contribution in [1.82, 2.24) is 4.98 Å². The Hall–Kier alpha value is -2.28. The van der Waals surface area contributed by atoms with E-state index in [4.69, 9.17) is 19.3 Å². The van der Waals surface area contributed by atoms with Crippen molar-refractivity contribution in [2.75, 3.05) is 20.8 Å². The SMILES string of the molecule is COc1cccc(OC)c1OCCCc1nc(C(=O)O)cs1. The summed E-state index contributed by atoms with van der Waals surface area (Å²) in [5.74, 6) is 0.791. The standard InChI is InChI=1S/C15H17NO5S/c1-19-11-5-3-6-12(20-2)14(11)21-8-4-7-13-16-10(9-22-13)15(17)18/h3,5-6,9H,4,7-8H2,1-2H3,(H,17,18). The number of methoxy groups -OCH3 is 2. The van der Waals surface area contributed by atoms with Crippen LogP contribution in [0.5, 0.6) is 17.2 Å². The summed E-state index contributed by atoms with van der Waals surface area (Å²) in [6.45, 7) is 0.457. The van der Waals surface area contributed by atoms with Crippen LogP contribution in [-0.2, 0) is 6.42 Å². The van der Waals surface area contributed by atoms with Crippen LogP contribution in [0.3, 0.4) is 0 Å². The van der Waals surface area contributed by atoms with Crippen molar-refractivity contribution in [3.05, 3.63) is 34.3 Å². The van der Waals surface area contributed by atoms with E-state index in [2.05, 4.69) is 4.98 Å². The third kappa shape index (κ3) is 3.88. The third-order valence-electron chi connectivity index (χ3n) is 2.93. The Morgan fingerprint density at radius 3 is 2.50 bits per heavy atom. The van der Waals surface area contributed by atoms with E-state index in [9.17, 15) is 4.79 Å². The lowest BCUT2D eigenvalue weighted by Gasteiger charge is -2.13. The van der Waals surface area contributed by atoms with Gasteiger partial charge in [0.2, 0.25) is 5.75 Å². The van der Waals surface area contributed by atoms with Gasteiger partial charge in [0.05, 0.1) is 25.8 Å². The molecule has 0 aliphatic carbocycles. The quantitative estimate of drug-likeness (QED) is 0.753. The highest BCUT2D eigenvalue weighted by Crippen LogP contribution is 2.36. The van der Waals surface area contributed by atoms with E-state index in [1.165, 1.54) is 11.3 Å². The predicted octanol–water partition coefficient (Wildman–Crippen LogP) is 2.87. The number of aromatic nitrogens is 1. The van der Waals surface area contributed by atoms with Crippen molar-refractivity contribution < 1.29 is 24.1 Å². The summed E-state index contributed by atoms with van der Waals surface area (Å²) in [5, 5.41) is 11.2. The fourth-order valence-electron chi connectivity index (χ4n) is 1.88. The van der Waals surface area contributed by atoms with E-state index < -0.39 is 5.97 Å². The van der Waals surface area contributed by atoms with Gasteiger partial charge in [-0.1, -0.05) is 6.07 Å². The number of ether oxygens (including phenoxy) is 3. The maximum atomic E-state index is 10.8. The number of hydrogen-bond acceptors (Lipinski definition) is 6. The highest BCUT2D eigenvalue weighted by Gasteiger charge is 2.12. The number of carbonyl (C=O) groups is 1. The molecule has 2 aromatic rings. The summed E-state index contributed by atoms with van der Waals surface area (Å²) in [7, 11) is 3.15. The second-order valence-corrected chi connectivity index (χ2v) is 5.32. The Morgan fingerprint density at radius 1 is 1.27 bits per heavy atom. The zero-order valence-corrected chi connectivity index (χ0v) is 13.2. The molecule has 0 saturated heterocycles. The predicted molar refractivity (Wildman–Crippen MR) is 82.4 cm³/mol. The molecule has 0 unspecified atom stereocenters. The van der Waals surface area contributed by atoms with Gasteiger partial charge in [-0.3, -0.25) is 0 Å². The lowest BCUT2D eigenvalue weighted by atomic mass is 10.3. The van der Waals surface area contributed by atoms with Crippen molar-refractivity contribution in [2.24, 2.45) is 0 Å². The normalized spacial score (nSPS) is 10.3.